The number of benzene rings is 1. The summed E-state index contributed by atoms with van der Waals surface area (Å²) >= 11 is 0. The molecular weight excluding hydrogens is 279 g/mol. The topological polar surface area (TPSA) is 51.4 Å². The summed E-state index contributed by atoms with van der Waals surface area (Å²) in [7, 11) is 0. The Bertz CT molecular complexity index is 569. The van der Waals surface area contributed by atoms with Gasteiger partial charge in [0.25, 0.3) is 0 Å². The largest absolute Gasteiger partial charge is 0.357 e. The second-order valence-corrected chi connectivity index (χ2v) is 5.76. The molecule has 0 amide bonds. The van der Waals surface area contributed by atoms with Gasteiger partial charge in [-0.3, -0.25) is 0 Å². The van der Waals surface area contributed by atoms with Gasteiger partial charge in [-0.1, -0.05) is 6.92 Å². The molecule has 0 radical (unpaired) electrons. The van der Waals surface area contributed by atoms with Crippen LogP contribution in [0.5, 0.6) is 0 Å². The minimum absolute atomic E-state index is 0.246. The second-order valence-electron chi connectivity index (χ2n) is 5.76. The van der Waals surface area contributed by atoms with Gasteiger partial charge < -0.3 is 10.2 Å². The highest BCUT2D eigenvalue weighted by atomic mass is 19.1. The molecule has 1 heterocycles. The SMILES string of the molecule is CCNC(=NCc1cc(C#N)ccc1F)N1CCC(C)CC1. The summed E-state index contributed by atoms with van der Waals surface area (Å²) in [6.07, 6.45) is 2.31. The van der Waals surface area contributed by atoms with Crippen LogP contribution in [0.2, 0.25) is 0 Å². The van der Waals surface area contributed by atoms with Crippen LogP contribution >= 0.6 is 0 Å². The van der Waals surface area contributed by atoms with E-state index in [1.807, 2.05) is 13.0 Å². The van der Waals surface area contributed by atoms with Gasteiger partial charge in [0, 0.05) is 25.2 Å². The van der Waals surface area contributed by atoms with E-state index in [9.17, 15) is 4.39 Å². The second kappa shape index (κ2) is 7.79. The first-order chi connectivity index (χ1) is 10.6. The molecule has 2 rings (SSSR count). The number of hydrogen-bond donors (Lipinski definition) is 1. The first kappa shape index (κ1) is 16.3. The van der Waals surface area contributed by atoms with Crippen molar-refractivity contribution in [3.05, 3.63) is 35.1 Å². The van der Waals surface area contributed by atoms with Crippen LogP contribution in [0.4, 0.5) is 4.39 Å². The summed E-state index contributed by atoms with van der Waals surface area (Å²) in [5.41, 5.74) is 0.920. The number of likely N-dealkylation sites (tertiary alicyclic amines) is 1. The van der Waals surface area contributed by atoms with Crippen LogP contribution in [-0.2, 0) is 6.54 Å². The van der Waals surface area contributed by atoms with E-state index in [1.54, 1.807) is 6.07 Å². The van der Waals surface area contributed by atoms with Crippen LogP contribution in [0.25, 0.3) is 0 Å². The molecule has 1 N–H and O–H groups in total. The Morgan fingerprint density at radius 2 is 2.18 bits per heavy atom. The lowest BCUT2D eigenvalue weighted by Gasteiger charge is -2.33. The zero-order valence-corrected chi connectivity index (χ0v) is 13.3. The molecule has 4 nitrogen and oxygen atoms in total. The smallest absolute Gasteiger partial charge is 0.194 e. The quantitative estimate of drug-likeness (QED) is 0.690. The Hall–Kier alpha value is -2.09. The van der Waals surface area contributed by atoms with Crippen molar-refractivity contribution in [3.63, 3.8) is 0 Å². The number of aliphatic imine (C=N–C) groups is 1. The third-order valence-electron chi connectivity index (χ3n) is 3.99. The highest BCUT2D eigenvalue weighted by Gasteiger charge is 2.18. The van der Waals surface area contributed by atoms with Crippen molar-refractivity contribution in [2.45, 2.75) is 33.2 Å². The molecule has 1 aromatic rings. The highest BCUT2D eigenvalue weighted by Crippen LogP contribution is 2.17. The monoisotopic (exact) mass is 302 g/mol. The number of hydrogen-bond acceptors (Lipinski definition) is 2. The zero-order chi connectivity index (χ0) is 15.9. The van der Waals surface area contributed by atoms with Crippen molar-refractivity contribution in [1.29, 1.82) is 5.26 Å². The molecule has 1 aromatic carbocycles. The van der Waals surface area contributed by atoms with Crippen molar-refractivity contribution in [2.24, 2.45) is 10.9 Å². The Morgan fingerprint density at radius 1 is 1.45 bits per heavy atom. The molecule has 1 saturated heterocycles. The summed E-state index contributed by atoms with van der Waals surface area (Å²) in [6.45, 7) is 7.28. The molecule has 1 aliphatic heterocycles. The Kier molecular flexibility index (Phi) is 5.76. The van der Waals surface area contributed by atoms with Crippen molar-refractivity contribution in [2.75, 3.05) is 19.6 Å². The molecule has 5 heteroatoms. The first-order valence-corrected chi connectivity index (χ1v) is 7.85. The number of nitrogens with one attached hydrogen (secondary N) is 1. The van der Waals surface area contributed by atoms with E-state index in [4.69, 9.17) is 5.26 Å². The molecule has 118 valence electrons. The number of halogens is 1. The Morgan fingerprint density at radius 3 is 2.82 bits per heavy atom. The third kappa shape index (κ3) is 4.20. The minimum atomic E-state index is -0.314. The van der Waals surface area contributed by atoms with Gasteiger partial charge in [0.05, 0.1) is 18.2 Å². The van der Waals surface area contributed by atoms with Crippen LogP contribution in [0.15, 0.2) is 23.2 Å². The molecule has 1 aliphatic rings. The molecule has 22 heavy (non-hydrogen) atoms. The lowest BCUT2D eigenvalue weighted by Crippen LogP contribution is -2.45. The van der Waals surface area contributed by atoms with Gasteiger partial charge in [0.15, 0.2) is 5.96 Å². The predicted octanol–water partition coefficient (Wildman–Crippen LogP) is 2.89. The van der Waals surface area contributed by atoms with Gasteiger partial charge in [-0.05, 0) is 43.9 Å². The van der Waals surface area contributed by atoms with Crippen molar-refractivity contribution in [1.82, 2.24) is 10.2 Å². The fourth-order valence-corrected chi connectivity index (χ4v) is 2.57. The van der Waals surface area contributed by atoms with Gasteiger partial charge in [0.2, 0.25) is 0 Å². The van der Waals surface area contributed by atoms with Gasteiger partial charge in [0.1, 0.15) is 5.82 Å². The molecule has 0 atom stereocenters. The third-order valence-corrected chi connectivity index (χ3v) is 3.99. The van der Waals surface area contributed by atoms with Crippen LogP contribution in [0, 0.1) is 23.1 Å². The van der Waals surface area contributed by atoms with Crippen LogP contribution in [0.3, 0.4) is 0 Å². The van der Waals surface area contributed by atoms with E-state index >= 15 is 0 Å². The standard InChI is InChI=1S/C17H23FN4/c1-3-20-17(22-8-6-13(2)7-9-22)21-12-15-10-14(11-19)4-5-16(15)18/h4-5,10,13H,3,6-9,12H2,1-2H3,(H,20,21). The van der Waals surface area contributed by atoms with E-state index in [-0.39, 0.29) is 12.4 Å². The summed E-state index contributed by atoms with van der Waals surface area (Å²) < 4.78 is 13.8. The van der Waals surface area contributed by atoms with Gasteiger partial charge in [-0.15, -0.1) is 0 Å². The molecule has 0 spiro atoms. The molecule has 0 unspecified atom stereocenters. The Balaban J connectivity index is 2.12. The first-order valence-electron chi connectivity index (χ1n) is 7.85. The number of rotatable bonds is 3. The molecule has 0 aliphatic carbocycles. The van der Waals surface area contributed by atoms with Crippen molar-refractivity contribution >= 4 is 5.96 Å². The van der Waals surface area contributed by atoms with Gasteiger partial charge in [-0.2, -0.15) is 5.26 Å². The fourth-order valence-electron chi connectivity index (χ4n) is 2.57. The molecule has 0 aromatic heterocycles. The van der Waals surface area contributed by atoms with Crippen LogP contribution < -0.4 is 5.32 Å². The summed E-state index contributed by atoms with van der Waals surface area (Å²) in [6, 6.07) is 6.42. The predicted molar refractivity (Wildman–Crippen MR) is 85.9 cm³/mol. The number of nitriles is 1. The maximum atomic E-state index is 13.8. The molecule has 1 fully saturated rings. The van der Waals surface area contributed by atoms with Gasteiger partial charge >= 0.3 is 0 Å². The lowest BCUT2D eigenvalue weighted by molar-refractivity contribution is 0.273. The average Bonchev–Trinajstić information content (AvgIpc) is 2.53. The maximum Gasteiger partial charge on any atom is 0.194 e. The van der Waals surface area contributed by atoms with E-state index in [1.165, 1.54) is 12.1 Å². The van der Waals surface area contributed by atoms with E-state index in [2.05, 4.69) is 22.1 Å². The Labute approximate surface area is 131 Å². The van der Waals surface area contributed by atoms with Crippen LogP contribution in [0.1, 0.15) is 37.8 Å². The summed E-state index contributed by atoms with van der Waals surface area (Å²) in [4.78, 5) is 6.78. The zero-order valence-electron chi connectivity index (χ0n) is 13.3. The number of piperidine rings is 1. The van der Waals surface area contributed by atoms with Crippen LogP contribution in [-0.4, -0.2) is 30.5 Å². The normalized spacial score (nSPS) is 16.5. The molecular formula is C17H23FN4. The molecule has 0 saturated carbocycles. The van der Waals surface area contributed by atoms with Crippen molar-refractivity contribution in [3.8, 4) is 6.07 Å². The summed E-state index contributed by atoms with van der Waals surface area (Å²) in [5.74, 6) is 1.27. The average molecular weight is 302 g/mol. The maximum absolute atomic E-state index is 13.8. The highest BCUT2D eigenvalue weighted by molar-refractivity contribution is 5.80. The van der Waals surface area contributed by atoms with E-state index in [0.717, 1.165) is 44.4 Å². The fraction of sp³-hybridized carbons (Fsp3) is 0.529. The van der Waals surface area contributed by atoms with Crippen molar-refractivity contribution < 1.29 is 4.39 Å². The minimum Gasteiger partial charge on any atom is -0.357 e. The number of nitrogens with zero attached hydrogens (tertiary/aromatic N) is 3. The lowest BCUT2D eigenvalue weighted by atomic mass is 10.00. The molecule has 0 bridgehead atoms. The summed E-state index contributed by atoms with van der Waals surface area (Å²) in [5, 5.41) is 12.2. The van der Waals surface area contributed by atoms with E-state index < -0.39 is 0 Å². The van der Waals surface area contributed by atoms with E-state index in [0.29, 0.717) is 11.1 Å². The number of guanidine groups is 1. The van der Waals surface area contributed by atoms with Gasteiger partial charge in [-0.25, -0.2) is 9.38 Å².